The first-order chi connectivity index (χ1) is 9.90. The molecule has 1 aromatic carbocycles. The maximum atomic E-state index is 9.70. The lowest BCUT2D eigenvalue weighted by Crippen LogP contribution is -2.54. The molecular weight excluding hydrogens is 260 g/mol. The molecule has 1 aliphatic rings. The van der Waals surface area contributed by atoms with E-state index in [0.717, 1.165) is 19.4 Å². The Morgan fingerprint density at radius 1 is 1.33 bits per heavy atom. The molecule has 0 bridgehead atoms. The fraction of sp³-hybridized carbons (Fsp3) is 0.667. The number of aromatic hydroxyl groups is 1. The predicted molar refractivity (Wildman–Crippen MR) is 88.2 cm³/mol. The van der Waals surface area contributed by atoms with Gasteiger partial charge in [-0.1, -0.05) is 32.9 Å². The number of likely N-dealkylation sites (tertiary alicyclic amines) is 1. The number of nitrogens with zero attached hydrogens (tertiary/aromatic N) is 1. The largest absolute Gasteiger partial charge is 0.508 e. The lowest BCUT2D eigenvalue weighted by atomic mass is 9.77. The van der Waals surface area contributed by atoms with Gasteiger partial charge in [0.15, 0.2) is 0 Å². The third-order valence-electron chi connectivity index (χ3n) is 5.05. The van der Waals surface area contributed by atoms with Gasteiger partial charge in [0.2, 0.25) is 0 Å². The van der Waals surface area contributed by atoms with Crippen LogP contribution < -0.4 is 5.73 Å². The number of hydrogen-bond donors (Lipinski definition) is 2. The predicted octanol–water partition coefficient (Wildman–Crippen LogP) is 3.54. The summed E-state index contributed by atoms with van der Waals surface area (Å²) in [4.78, 5) is 2.46. The van der Waals surface area contributed by atoms with E-state index in [1.54, 1.807) is 6.07 Å². The van der Waals surface area contributed by atoms with Crippen LogP contribution >= 0.6 is 0 Å². The second kappa shape index (κ2) is 6.80. The van der Waals surface area contributed by atoms with Crippen LogP contribution in [-0.2, 0) is 0 Å². The molecule has 0 aromatic heterocycles. The molecule has 0 spiro atoms. The minimum atomic E-state index is 0.160. The van der Waals surface area contributed by atoms with Crippen molar-refractivity contribution in [2.45, 2.75) is 58.7 Å². The van der Waals surface area contributed by atoms with E-state index in [2.05, 4.69) is 38.7 Å². The van der Waals surface area contributed by atoms with Gasteiger partial charge in [-0.15, -0.1) is 0 Å². The number of rotatable bonds is 4. The van der Waals surface area contributed by atoms with Gasteiger partial charge in [0.25, 0.3) is 0 Å². The monoisotopic (exact) mass is 290 g/mol. The molecule has 2 rings (SSSR count). The number of nitrogens with two attached hydrogens (primary N) is 1. The van der Waals surface area contributed by atoms with Crippen LogP contribution in [-0.4, -0.2) is 28.8 Å². The Balaban J connectivity index is 2.09. The van der Waals surface area contributed by atoms with Gasteiger partial charge >= 0.3 is 0 Å². The second-order valence-corrected chi connectivity index (χ2v) is 7.02. The van der Waals surface area contributed by atoms with Gasteiger partial charge in [0.1, 0.15) is 5.75 Å². The average Bonchev–Trinajstić information content (AvgIpc) is 2.40. The van der Waals surface area contributed by atoms with Crippen molar-refractivity contribution in [1.29, 1.82) is 0 Å². The minimum absolute atomic E-state index is 0.160. The Kier molecular flexibility index (Phi) is 5.28. The molecule has 118 valence electrons. The summed E-state index contributed by atoms with van der Waals surface area (Å²) >= 11 is 0. The summed E-state index contributed by atoms with van der Waals surface area (Å²) in [6, 6.07) is 8.21. The maximum absolute atomic E-state index is 9.70. The van der Waals surface area contributed by atoms with E-state index in [0.29, 0.717) is 29.5 Å². The Morgan fingerprint density at radius 3 is 2.67 bits per heavy atom. The van der Waals surface area contributed by atoms with E-state index in [1.807, 2.05) is 12.1 Å². The van der Waals surface area contributed by atoms with Crippen LogP contribution in [0.5, 0.6) is 5.75 Å². The molecular formula is C18H30N2O. The molecule has 1 heterocycles. The fourth-order valence-corrected chi connectivity index (χ4v) is 3.70. The van der Waals surface area contributed by atoms with Gasteiger partial charge in [-0.25, -0.2) is 0 Å². The van der Waals surface area contributed by atoms with E-state index in [4.69, 9.17) is 5.73 Å². The summed E-state index contributed by atoms with van der Waals surface area (Å²) in [5.41, 5.74) is 7.65. The average molecular weight is 290 g/mol. The minimum Gasteiger partial charge on any atom is -0.508 e. The molecule has 1 fully saturated rings. The Labute approximate surface area is 129 Å². The van der Waals surface area contributed by atoms with Crippen molar-refractivity contribution in [3.63, 3.8) is 0 Å². The summed E-state index contributed by atoms with van der Waals surface area (Å²) in [7, 11) is 0. The van der Waals surface area contributed by atoms with Crippen molar-refractivity contribution in [1.82, 2.24) is 4.90 Å². The molecule has 0 saturated carbocycles. The van der Waals surface area contributed by atoms with Crippen LogP contribution in [0.2, 0.25) is 0 Å². The molecule has 21 heavy (non-hydrogen) atoms. The summed E-state index contributed by atoms with van der Waals surface area (Å²) < 4.78 is 0. The van der Waals surface area contributed by atoms with E-state index < -0.39 is 0 Å². The van der Waals surface area contributed by atoms with Crippen LogP contribution in [0.3, 0.4) is 0 Å². The van der Waals surface area contributed by atoms with Crippen molar-refractivity contribution < 1.29 is 5.11 Å². The third kappa shape index (κ3) is 3.78. The number of benzene rings is 1. The standard InChI is InChI=1S/C18H30N2O/c1-12(2)10-18(19)20-9-8-17(13(3)14(20)4)15-6-5-7-16(21)11-15/h5-7,11-14,17-18,21H,8-10,19H2,1-4H3/t13-,14-,17+,18?/m0/s1. The zero-order valence-corrected chi connectivity index (χ0v) is 13.8. The highest BCUT2D eigenvalue weighted by Crippen LogP contribution is 2.38. The van der Waals surface area contributed by atoms with Gasteiger partial charge < -0.3 is 10.8 Å². The molecule has 0 radical (unpaired) electrons. The van der Waals surface area contributed by atoms with Gasteiger partial charge in [-0.05, 0) is 55.2 Å². The molecule has 1 aliphatic heterocycles. The number of hydrogen-bond acceptors (Lipinski definition) is 3. The molecule has 0 amide bonds. The van der Waals surface area contributed by atoms with Crippen molar-refractivity contribution >= 4 is 0 Å². The number of piperidine rings is 1. The molecule has 1 saturated heterocycles. The van der Waals surface area contributed by atoms with E-state index in [1.165, 1.54) is 5.56 Å². The highest BCUT2D eigenvalue weighted by Gasteiger charge is 2.35. The van der Waals surface area contributed by atoms with Crippen LogP contribution in [0.15, 0.2) is 24.3 Å². The van der Waals surface area contributed by atoms with Crippen LogP contribution in [0.4, 0.5) is 0 Å². The van der Waals surface area contributed by atoms with E-state index in [9.17, 15) is 5.11 Å². The lowest BCUT2D eigenvalue weighted by Gasteiger charge is -2.46. The Bertz CT molecular complexity index is 460. The van der Waals surface area contributed by atoms with Gasteiger partial charge in [-0.2, -0.15) is 0 Å². The molecule has 0 aliphatic carbocycles. The van der Waals surface area contributed by atoms with Gasteiger partial charge in [-0.3, -0.25) is 4.90 Å². The molecule has 1 aromatic rings. The van der Waals surface area contributed by atoms with Crippen molar-refractivity contribution in [3.05, 3.63) is 29.8 Å². The molecule has 3 nitrogen and oxygen atoms in total. The van der Waals surface area contributed by atoms with Crippen molar-refractivity contribution in [2.75, 3.05) is 6.54 Å². The Morgan fingerprint density at radius 2 is 2.05 bits per heavy atom. The first-order valence-corrected chi connectivity index (χ1v) is 8.20. The van der Waals surface area contributed by atoms with Crippen molar-refractivity contribution in [2.24, 2.45) is 17.6 Å². The highest BCUT2D eigenvalue weighted by atomic mass is 16.3. The van der Waals surface area contributed by atoms with Crippen LogP contribution in [0, 0.1) is 11.8 Å². The van der Waals surface area contributed by atoms with Gasteiger partial charge in [0, 0.05) is 12.6 Å². The van der Waals surface area contributed by atoms with Crippen molar-refractivity contribution in [3.8, 4) is 5.75 Å². The van der Waals surface area contributed by atoms with E-state index >= 15 is 0 Å². The summed E-state index contributed by atoms with van der Waals surface area (Å²) in [5, 5.41) is 9.70. The van der Waals surface area contributed by atoms with Gasteiger partial charge in [0.05, 0.1) is 6.17 Å². The van der Waals surface area contributed by atoms with Crippen LogP contribution in [0.25, 0.3) is 0 Å². The summed E-state index contributed by atoms with van der Waals surface area (Å²) in [5.74, 6) is 2.05. The highest BCUT2D eigenvalue weighted by molar-refractivity contribution is 5.30. The number of phenolic OH excluding ortho intramolecular Hbond substituents is 1. The molecule has 4 atom stereocenters. The number of phenols is 1. The molecule has 1 unspecified atom stereocenters. The zero-order chi connectivity index (χ0) is 15.6. The smallest absolute Gasteiger partial charge is 0.115 e. The zero-order valence-electron chi connectivity index (χ0n) is 13.8. The lowest BCUT2D eigenvalue weighted by molar-refractivity contribution is 0.0482. The summed E-state index contributed by atoms with van der Waals surface area (Å²) in [6.45, 7) is 10.1. The quantitative estimate of drug-likeness (QED) is 0.891. The normalized spacial score (nSPS) is 28.8. The SMILES string of the molecule is CC(C)CC(N)N1CC[C@@H](c2cccc(O)c2)[C@@H](C)[C@@H]1C. The first kappa shape index (κ1) is 16.3. The van der Waals surface area contributed by atoms with Crippen LogP contribution in [0.1, 0.15) is 52.0 Å². The first-order valence-electron chi connectivity index (χ1n) is 8.20. The summed E-state index contributed by atoms with van der Waals surface area (Å²) in [6.07, 6.45) is 2.32. The van der Waals surface area contributed by atoms with E-state index in [-0.39, 0.29) is 6.17 Å². The fourth-order valence-electron chi connectivity index (χ4n) is 3.70. The second-order valence-electron chi connectivity index (χ2n) is 7.02. The topological polar surface area (TPSA) is 49.5 Å². The molecule has 3 N–H and O–H groups in total. The Hall–Kier alpha value is -1.06. The molecule has 3 heteroatoms. The maximum Gasteiger partial charge on any atom is 0.115 e. The third-order valence-corrected chi connectivity index (χ3v) is 5.05.